The van der Waals surface area contributed by atoms with Crippen LogP contribution < -0.4 is 15.4 Å². The van der Waals surface area contributed by atoms with Gasteiger partial charge >= 0.3 is 0 Å². The molecule has 3 aromatic rings. The number of imidazole rings is 1. The number of ether oxygens (including phenoxy) is 1. The number of likely N-dealkylation sites (tertiary alicyclic amines) is 1. The first kappa shape index (κ1) is 29.4. The summed E-state index contributed by atoms with van der Waals surface area (Å²) in [6.45, 7) is 13.7. The zero-order valence-electron chi connectivity index (χ0n) is 25.0. The first-order valence-corrected chi connectivity index (χ1v) is 14.4. The zero-order chi connectivity index (χ0) is 30.0. The van der Waals surface area contributed by atoms with Crippen molar-refractivity contribution < 1.29 is 13.9 Å². The van der Waals surface area contributed by atoms with Crippen molar-refractivity contribution in [2.24, 2.45) is 18.0 Å². The summed E-state index contributed by atoms with van der Waals surface area (Å²) in [6, 6.07) is 4.12. The lowest BCUT2D eigenvalue weighted by Crippen LogP contribution is -2.26. The van der Waals surface area contributed by atoms with Crippen molar-refractivity contribution in [3.8, 4) is 5.75 Å². The molecule has 1 amide bonds. The molecule has 42 heavy (non-hydrogen) atoms. The van der Waals surface area contributed by atoms with Gasteiger partial charge in [-0.1, -0.05) is 20.8 Å². The molecule has 0 aromatic carbocycles. The van der Waals surface area contributed by atoms with Crippen LogP contribution in [0.1, 0.15) is 58.7 Å². The number of carbonyl (C=O) groups excluding carboxylic acids is 1. The number of aryl methyl sites for hydroxylation is 1. The highest BCUT2D eigenvalue weighted by molar-refractivity contribution is 5.82. The molecule has 3 aromatic heterocycles. The van der Waals surface area contributed by atoms with Crippen molar-refractivity contribution in [2.75, 3.05) is 31.6 Å². The van der Waals surface area contributed by atoms with E-state index in [-0.39, 0.29) is 30.0 Å². The quantitative estimate of drug-likeness (QED) is 0.192. The highest BCUT2D eigenvalue weighted by atomic mass is 19.1. The number of pyridine rings is 1. The monoisotopic (exact) mass is 577 g/mol. The summed E-state index contributed by atoms with van der Waals surface area (Å²) in [6.07, 6.45) is 7.75. The van der Waals surface area contributed by atoms with E-state index in [1.807, 2.05) is 24.6 Å². The number of amides is 1. The van der Waals surface area contributed by atoms with E-state index >= 15 is 0 Å². The zero-order valence-corrected chi connectivity index (χ0v) is 25.0. The molecule has 4 heterocycles. The van der Waals surface area contributed by atoms with E-state index in [4.69, 9.17) is 9.84 Å². The maximum Gasteiger partial charge on any atom is 0.228 e. The number of halogens is 1. The average molecular weight is 578 g/mol. The molecule has 2 N–H and O–H groups in total. The third-order valence-corrected chi connectivity index (χ3v) is 7.62. The molecule has 0 bridgehead atoms. The van der Waals surface area contributed by atoms with Crippen LogP contribution in [0.3, 0.4) is 0 Å². The topological polar surface area (TPSA) is 114 Å². The smallest absolute Gasteiger partial charge is 0.228 e. The van der Waals surface area contributed by atoms with Crippen molar-refractivity contribution in [2.45, 2.75) is 58.4 Å². The third kappa shape index (κ3) is 6.53. The van der Waals surface area contributed by atoms with Crippen LogP contribution in [0.5, 0.6) is 5.75 Å². The van der Waals surface area contributed by atoms with E-state index in [0.717, 1.165) is 43.6 Å². The molecule has 224 valence electrons. The minimum Gasteiger partial charge on any atom is -0.456 e. The normalized spacial score (nSPS) is 18.5. The Morgan fingerprint density at radius 2 is 2.07 bits per heavy atom. The lowest BCUT2D eigenvalue weighted by molar-refractivity contribution is -0.121. The van der Waals surface area contributed by atoms with Gasteiger partial charge in [0.05, 0.1) is 17.8 Å². The summed E-state index contributed by atoms with van der Waals surface area (Å²) in [4.78, 5) is 27.4. The van der Waals surface area contributed by atoms with Gasteiger partial charge in [-0.15, -0.1) is 0 Å². The molecule has 11 nitrogen and oxygen atoms in total. The summed E-state index contributed by atoms with van der Waals surface area (Å²) in [7, 11) is 1.90. The lowest BCUT2D eigenvalue weighted by atomic mass is 9.91. The molecular weight excluding hydrogens is 537 g/mol. The van der Waals surface area contributed by atoms with Crippen LogP contribution in [-0.4, -0.2) is 68.1 Å². The van der Waals surface area contributed by atoms with Crippen molar-refractivity contribution in [1.82, 2.24) is 34.5 Å². The molecule has 1 saturated heterocycles. The van der Waals surface area contributed by atoms with Crippen LogP contribution in [0.2, 0.25) is 0 Å². The van der Waals surface area contributed by atoms with Gasteiger partial charge in [0.25, 0.3) is 0 Å². The molecule has 1 atom stereocenters. The standard InChI is InChI=1S/C30H40FN9O2/c1-7-21(15-25(32-5)34-28(41)19-8-9-19)42-22-14-23-27(33-17-22)36-29(38(23)6)35-26-16-24(30(2,3)4)40(37-26)20-10-12-39(18-20)13-11-31/h7,14-17,19-20H,5,8-13,18H2,1-4,6H3,(H,34,41)(H,33,35,36,37)/b21-7+,25-15+/t20-/m0/s1. The van der Waals surface area contributed by atoms with E-state index in [9.17, 15) is 9.18 Å². The van der Waals surface area contributed by atoms with Gasteiger partial charge in [0.15, 0.2) is 11.5 Å². The SMILES string of the molecule is C=N/C(=C\C(=C/C)Oc1cnc2nc(Nc3cc(C(C)(C)C)n([C@H]4CCN(CCF)C4)n3)n(C)c2c1)NC(=O)C1CC1. The number of carbonyl (C=O) groups is 1. The largest absolute Gasteiger partial charge is 0.456 e. The fourth-order valence-corrected chi connectivity index (χ4v) is 5.10. The highest BCUT2D eigenvalue weighted by Crippen LogP contribution is 2.33. The number of hydrogen-bond donors (Lipinski definition) is 2. The predicted molar refractivity (Wildman–Crippen MR) is 162 cm³/mol. The second-order valence-electron chi connectivity index (χ2n) is 11.9. The second kappa shape index (κ2) is 12.0. The Morgan fingerprint density at radius 1 is 1.29 bits per heavy atom. The average Bonchev–Trinajstić information content (AvgIpc) is 3.43. The molecule has 0 unspecified atom stereocenters. The number of aromatic nitrogens is 5. The van der Waals surface area contributed by atoms with E-state index in [1.165, 1.54) is 0 Å². The fourth-order valence-electron chi connectivity index (χ4n) is 5.10. The molecule has 1 aliphatic carbocycles. The van der Waals surface area contributed by atoms with Gasteiger partial charge in [0.1, 0.15) is 24.0 Å². The summed E-state index contributed by atoms with van der Waals surface area (Å²) in [5.74, 6) is 2.63. The Kier molecular flexibility index (Phi) is 8.44. The van der Waals surface area contributed by atoms with Gasteiger partial charge < -0.3 is 19.9 Å². The predicted octanol–water partition coefficient (Wildman–Crippen LogP) is 4.77. The van der Waals surface area contributed by atoms with Gasteiger partial charge in [0, 0.05) is 61.9 Å². The summed E-state index contributed by atoms with van der Waals surface area (Å²) < 4.78 is 23.0. The fraction of sp³-hybridized carbons (Fsp3) is 0.500. The number of fused-ring (bicyclic) bond motifs is 1. The number of alkyl halides is 1. The van der Waals surface area contributed by atoms with E-state index in [0.29, 0.717) is 41.3 Å². The second-order valence-corrected chi connectivity index (χ2v) is 11.9. The number of hydrogen-bond acceptors (Lipinski definition) is 8. The van der Waals surface area contributed by atoms with Gasteiger partial charge in [-0.3, -0.25) is 14.4 Å². The maximum atomic E-state index is 12.9. The number of nitrogens with one attached hydrogen (secondary N) is 2. The van der Waals surface area contributed by atoms with E-state index < -0.39 is 0 Å². The van der Waals surface area contributed by atoms with Crippen LogP contribution in [0.15, 0.2) is 47.1 Å². The van der Waals surface area contributed by atoms with Crippen LogP contribution in [0.4, 0.5) is 16.2 Å². The minimum absolute atomic E-state index is 0.0522. The Morgan fingerprint density at radius 3 is 2.74 bits per heavy atom. The molecule has 0 radical (unpaired) electrons. The van der Waals surface area contributed by atoms with Crippen LogP contribution in [0, 0.1) is 5.92 Å². The van der Waals surface area contributed by atoms with Gasteiger partial charge in [-0.25, -0.2) is 14.4 Å². The molecule has 2 fully saturated rings. The first-order chi connectivity index (χ1) is 20.1. The van der Waals surface area contributed by atoms with Crippen LogP contribution >= 0.6 is 0 Å². The molecule has 12 heteroatoms. The molecule has 2 aliphatic rings. The van der Waals surface area contributed by atoms with Gasteiger partial charge in [-0.2, -0.15) is 10.1 Å². The Hall–Kier alpha value is -4.06. The van der Waals surface area contributed by atoms with E-state index in [2.05, 4.69) is 68.7 Å². The number of allylic oxidation sites excluding steroid dienone is 2. The lowest BCUT2D eigenvalue weighted by Gasteiger charge is -2.23. The molecule has 1 saturated carbocycles. The van der Waals surface area contributed by atoms with Crippen LogP contribution in [0.25, 0.3) is 11.2 Å². The van der Waals surface area contributed by atoms with Crippen molar-refractivity contribution >= 4 is 35.6 Å². The van der Waals surface area contributed by atoms with Gasteiger partial charge in [-0.05, 0) is 39.0 Å². The first-order valence-electron chi connectivity index (χ1n) is 14.4. The molecule has 5 rings (SSSR count). The van der Waals surface area contributed by atoms with E-state index in [1.54, 1.807) is 18.3 Å². The summed E-state index contributed by atoms with van der Waals surface area (Å²) >= 11 is 0. The Balaban J connectivity index is 1.35. The van der Waals surface area contributed by atoms with Crippen molar-refractivity contribution in [3.63, 3.8) is 0 Å². The number of rotatable bonds is 11. The maximum absolute atomic E-state index is 12.9. The van der Waals surface area contributed by atoms with Gasteiger partial charge in [0.2, 0.25) is 11.9 Å². The van der Waals surface area contributed by atoms with Crippen molar-refractivity contribution in [3.05, 3.63) is 47.8 Å². The molecular formula is C30H40FN9O2. The highest BCUT2D eigenvalue weighted by Gasteiger charge is 2.31. The number of nitrogens with zero attached hydrogens (tertiary/aromatic N) is 7. The summed E-state index contributed by atoms with van der Waals surface area (Å²) in [5, 5.41) is 11.1. The third-order valence-electron chi connectivity index (χ3n) is 7.62. The molecule has 0 spiro atoms. The molecule has 1 aliphatic heterocycles. The van der Waals surface area contributed by atoms with Crippen LogP contribution in [-0.2, 0) is 17.3 Å². The number of aliphatic imine (C=N–C) groups is 1. The number of anilines is 2. The van der Waals surface area contributed by atoms with Crippen molar-refractivity contribution in [1.29, 1.82) is 0 Å². The summed E-state index contributed by atoms with van der Waals surface area (Å²) in [5.41, 5.74) is 2.31. The Bertz CT molecular complexity index is 1530. The Labute approximate surface area is 245 Å². The minimum atomic E-state index is -0.337.